The van der Waals surface area contributed by atoms with Crippen molar-refractivity contribution in [3.05, 3.63) is 110 Å². The molecule has 38 heavy (non-hydrogen) atoms. The van der Waals surface area contributed by atoms with Crippen LogP contribution in [0.2, 0.25) is 0 Å². The van der Waals surface area contributed by atoms with Crippen molar-refractivity contribution in [2.24, 2.45) is 0 Å². The first-order chi connectivity index (χ1) is 18.0. The van der Waals surface area contributed by atoms with E-state index in [1.54, 1.807) is 6.92 Å². The van der Waals surface area contributed by atoms with Crippen LogP contribution in [0, 0.1) is 13.8 Å². The lowest BCUT2D eigenvalue weighted by Crippen LogP contribution is -2.24. The van der Waals surface area contributed by atoms with Crippen LogP contribution in [0.25, 0.3) is 0 Å². The fourth-order valence-electron chi connectivity index (χ4n) is 5.70. The molecule has 0 fully saturated rings. The van der Waals surface area contributed by atoms with Gasteiger partial charge in [-0.2, -0.15) is 0 Å². The Labute approximate surface area is 215 Å². The highest BCUT2D eigenvalue weighted by Gasteiger charge is 2.42. The van der Waals surface area contributed by atoms with Crippen LogP contribution in [-0.4, -0.2) is 42.9 Å². The molecule has 0 spiro atoms. The molecule has 4 aromatic rings. The van der Waals surface area contributed by atoms with Crippen LogP contribution in [0.3, 0.4) is 0 Å². The fourth-order valence-corrected chi connectivity index (χ4v) is 5.70. The van der Waals surface area contributed by atoms with E-state index in [2.05, 4.69) is 0 Å². The van der Waals surface area contributed by atoms with Gasteiger partial charge in [-0.3, -0.25) is 14.4 Å². The Balaban J connectivity index is 1.68. The maximum atomic E-state index is 13.6. The molecule has 0 saturated carbocycles. The second kappa shape index (κ2) is 7.69. The van der Waals surface area contributed by atoms with Gasteiger partial charge in [0.1, 0.15) is 28.7 Å². The summed E-state index contributed by atoms with van der Waals surface area (Å²) in [5.74, 6) is -5.18. The van der Waals surface area contributed by atoms with Gasteiger partial charge in [0.05, 0.1) is 22.3 Å². The van der Waals surface area contributed by atoms with Crippen molar-refractivity contribution >= 4 is 17.3 Å². The molecule has 0 bridgehead atoms. The van der Waals surface area contributed by atoms with Crippen LogP contribution in [0.15, 0.2) is 48.5 Å². The number of aromatic hydroxyl groups is 5. The Morgan fingerprint density at radius 3 is 2.00 bits per heavy atom. The van der Waals surface area contributed by atoms with Crippen LogP contribution in [0.4, 0.5) is 0 Å². The summed E-state index contributed by atoms with van der Waals surface area (Å²) in [4.78, 5) is 40.2. The van der Waals surface area contributed by atoms with Crippen LogP contribution >= 0.6 is 0 Å². The van der Waals surface area contributed by atoms with Crippen LogP contribution in [0.5, 0.6) is 28.7 Å². The minimum Gasteiger partial charge on any atom is -0.507 e. The standard InChI is InChI=1S/C30H20O8/c1-11-8-16-22(18(32)9-11)29(37)23-15(27(16)35)7-6-14(28(23)36)20-13-4-3-5-17(31)21(13)30(38)24-19(33)10-12(2)26(34)25(20)24/h3-10,20,31-34,36H,1-2H3. The Bertz CT molecular complexity index is 1800. The molecular formula is C30H20O8. The molecule has 2 aliphatic carbocycles. The molecule has 4 aromatic carbocycles. The van der Waals surface area contributed by atoms with E-state index in [-0.39, 0.29) is 67.1 Å². The predicted molar refractivity (Wildman–Crippen MR) is 135 cm³/mol. The van der Waals surface area contributed by atoms with Gasteiger partial charge >= 0.3 is 0 Å². The molecule has 2 aliphatic rings. The van der Waals surface area contributed by atoms with E-state index >= 15 is 0 Å². The van der Waals surface area contributed by atoms with Crippen molar-refractivity contribution in [3.63, 3.8) is 0 Å². The van der Waals surface area contributed by atoms with Gasteiger partial charge in [-0.1, -0.05) is 18.2 Å². The lowest BCUT2D eigenvalue weighted by atomic mass is 9.71. The van der Waals surface area contributed by atoms with E-state index in [9.17, 15) is 39.9 Å². The minimum atomic E-state index is -1.10. The number of ketones is 3. The number of carbonyl (C=O) groups is 3. The molecule has 6 rings (SSSR count). The number of phenols is 5. The van der Waals surface area contributed by atoms with Crippen molar-refractivity contribution in [2.45, 2.75) is 19.8 Å². The number of fused-ring (bicyclic) bond motifs is 4. The number of phenolic OH excluding ortho intramolecular Hbond substituents is 5. The number of benzene rings is 4. The average molecular weight is 508 g/mol. The summed E-state index contributed by atoms with van der Waals surface area (Å²) in [7, 11) is 0. The summed E-state index contributed by atoms with van der Waals surface area (Å²) in [5.41, 5.74) is 0.165. The van der Waals surface area contributed by atoms with Crippen molar-refractivity contribution in [1.82, 2.24) is 0 Å². The van der Waals surface area contributed by atoms with Crippen molar-refractivity contribution in [2.75, 3.05) is 0 Å². The first-order valence-corrected chi connectivity index (χ1v) is 11.7. The lowest BCUT2D eigenvalue weighted by Gasteiger charge is -2.31. The minimum absolute atomic E-state index is 0.00527. The van der Waals surface area contributed by atoms with Crippen molar-refractivity contribution in [3.8, 4) is 28.7 Å². The zero-order chi connectivity index (χ0) is 27.2. The largest absolute Gasteiger partial charge is 0.507 e. The fraction of sp³-hybridized carbons (Fsp3) is 0.100. The van der Waals surface area contributed by atoms with Crippen LogP contribution in [-0.2, 0) is 0 Å². The molecule has 0 aliphatic heterocycles. The number of hydrogen-bond donors (Lipinski definition) is 5. The first kappa shape index (κ1) is 23.3. The third kappa shape index (κ3) is 2.88. The van der Waals surface area contributed by atoms with Gasteiger partial charge in [0.2, 0.25) is 11.6 Å². The zero-order valence-electron chi connectivity index (χ0n) is 20.2. The Morgan fingerprint density at radius 2 is 1.26 bits per heavy atom. The van der Waals surface area contributed by atoms with Gasteiger partial charge in [-0.15, -0.1) is 0 Å². The Morgan fingerprint density at radius 1 is 0.579 bits per heavy atom. The predicted octanol–water partition coefficient (Wildman–Crippen LogP) is 4.33. The Kier molecular flexibility index (Phi) is 4.72. The molecule has 1 atom stereocenters. The summed E-state index contributed by atoms with van der Waals surface area (Å²) < 4.78 is 0. The van der Waals surface area contributed by atoms with Crippen LogP contribution in [0.1, 0.15) is 81.5 Å². The van der Waals surface area contributed by atoms with E-state index in [1.807, 2.05) is 0 Å². The molecule has 5 N–H and O–H groups in total. The third-order valence-corrected chi connectivity index (χ3v) is 7.36. The van der Waals surface area contributed by atoms with Gasteiger partial charge < -0.3 is 25.5 Å². The highest BCUT2D eigenvalue weighted by Crippen LogP contribution is 2.53. The molecule has 0 aromatic heterocycles. The van der Waals surface area contributed by atoms with E-state index in [0.29, 0.717) is 5.56 Å². The number of hydrogen-bond acceptors (Lipinski definition) is 8. The van der Waals surface area contributed by atoms with E-state index in [0.717, 1.165) is 0 Å². The highest BCUT2D eigenvalue weighted by molar-refractivity contribution is 6.30. The second-order valence-electron chi connectivity index (χ2n) is 9.64. The highest BCUT2D eigenvalue weighted by atomic mass is 16.3. The number of carbonyl (C=O) groups excluding carboxylic acids is 3. The van der Waals surface area contributed by atoms with Gasteiger partial charge in [-0.25, -0.2) is 0 Å². The quantitative estimate of drug-likeness (QED) is 0.206. The lowest BCUT2D eigenvalue weighted by molar-refractivity contribution is 0.0974. The molecule has 8 heteroatoms. The first-order valence-electron chi connectivity index (χ1n) is 11.7. The van der Waals surface area contributed by atoms with Gasteiger partial charge in [0, 0.05) is 28.2 Å². The maximum absolute atomic E-state index is 13.6. The van der Waals surface area contributed by atoms with Gasteiger partial charge in [0.25, 0.3) is 0 Å². The number of rotatable bonds is 1. The van der Waals surface area contributed by atoms with Crippen molar-refractivity contribution in [1.29, 1.82) is 0 Å². The summed E-state index contributed by atoms with van der Waals surface area (Å²) in [6.45, 7) is 3.21. The van der Waals surface area contributed by atoms with E-state index in [4.69, 9.17) is 0 Å². The maximum Gasteiger partial charge on any atom is 0.201 e. The summed E-state index contributed by atoms with van der Waals surface area (Å²) >= 11 is 0. The summed E-state index contributed by atoms with van der Waals surface area (Å²) in [6, 6.07) is 11.2. The normalized spacial score (nSPS) is 15.5. The smallest absolute Gasteiger partial charge is 0.201 e. The molecule has 188 valence electrons. The van der Waals surface area contributed by atoms with Crippen LogP contribution < -0.4 is 0 Å². The van der Waals surface area contributed by atoms with Gasteiger partial charge in [0.15, 0.2) is 5.78 Å². The third-order valence-electron chi connectivity index (χ3n) is 7.36. The molecule has 0 radical (unpaired) electrons. The average Bonchev–Trinajstić information content (AvgIpc) is 2.85. The molecule has 0 amide bonds. The van der Waals surface area contributed by atoms with Crippen molar-refractivity contribution < 1.29 is 39.9 Å². The Hall–Kier alpha value is -5.11. The summed E-state index contributed by atoms with van der Waals surface area (Å²) in [6.07, 6.45) is 0. The van der Waals surface area contributed by atoms with E-state index in [1.165, 1.54) is 55.5 Å². The van der Waals surface area contributed by atoms with E-state index < -0.39 is 40.5 Å². The molecule has 0 heterocycles. The molecule has 0 saturated heterocycles. The zero-order valence-corrected chi connectivity index (χ0v) is 20.2. The number of aryl methyl sites for hydroxylation is 2. The topological polar surface area (TPSA) is 152 Å². The molecule has 8 nitrogen and oxygen atoms in total. The second-order valence-corrected chi connectivity index (χ2v) is 9.64. The monoisotopic (exact) mass is 508 g/mol. The van der Waals surface area contributed by atoms with Gasteiger partial charge in [-0.05, 0) is 60.9 Å². The SMILES string of the molecule is Cc1cc(O)c2c(c1)C(=O)c1ccc(C3c4cccc(O)c4C(=O)c4c(O)cc(C)c(O)c43)c(O)c1C2=O. The summed E-state index contributed by atoms with van der Waals surface area (Å²) in [5, 5.41) is 54.4. The molecule has 1 unspecified atom stereocenters. The molecular weight excluding hydrogens is 488 g/mol.